The summed E-state index contributed by atoms with van der Waals surface area (Å²) in [5, 5.41) is 6.06. The zero-order valence-electron chi connectivity index (χ0n) is 17.8. The van der Waals surface area contributed by atoms with Gasteiger partial charge < -0.3 is 9.26 Å². The van der Waals surface area contributed by atoms with E-state index in [4.69, 9.17) is 9.26 Å². The van der Waals surface area contributed by atoms with Gasteiger partial charge in [-0.15, -0.1) is 0 Å². The van der Waals surface area contributed by atoms with Gasteiger partial charge in [-0.25, -0.2) is 32.7 Å². The fourth-order valence-electron chi connectivity index (χ4n) is 2.97. The Kier molecular flexibility index (Phi) is 6.53. The summed E-state index contributed by atoms with van der Waals surface area (Å²) in [6, 6.07) is 6.38. The van der Waals surface area contributed by atoms with Gasteiger partial charge in [0, 0.05) is 17.0 Å². The highest BCUT2D eigenvalue weighted by molar-refractivity contribution is 7.90. The third kappa shape index (κ3) is 4.91. The first-order chi connectivity index (χ1) is 15.1. The topological polar surface area (TPSA) is 153 Å². The molecule has 0 aliphatic heterocycles. The Labute approximate surface area is 184 Å². The number of sulfonamides is 1. The molecule has 32 heavy (non-hydrogen) atoms. The number of hydrogen-bond donors (Lipinski definition) is 2. The number of aryl methyl sites for hydroxylation is 3. The molecule has 3 aromatic rings. The van der Waals surface area contributed by atoms with Crippen molar-refractivity contribution in [3.8, 4) is 11.3 Å². The summed E-state index contributed by atoms with van der Waals surface area (Å²) in [6.07, 6.45) is 0. The maximum atomic E-state index is 13.0. The van der Waals surface area contributed by atoms with E-state index in [9.17, 15) is 18.0 Å². The normalized spacial score (nSPS) is 11.1. The van der Waals surface area contributed by atoms with Crippen molar-refractivity contribution in [3.05, 3.63) is 53.0 Å². The minimum absolute atomic E-state index is 0.00240. The Morgan fingerprint density at radius 2 is 1.75 bits per heavy atom. The lowest BCUT2D eigenvalue weighted by molar-refractivity contribution is 0.0526. The van der Waals surface area contributed by atoms with Crippen molar-refractivity contribution < 1.29 is 27.3 Å². The van der Waals surface area contributed by atoms with Crippen LogP contribution in [0.2, 0.25) is 0 Å². The fraction of sp³-hybridized carbons (Fsp3) is 0.250. The molecule has 2 N–H and O–H groups in total. The number of esters is 1. The van der Waals surface area contributed by atoms with Crippen molar-refractivity contribution in [2.24, 2.45) is 0 Å². The summed E-state index contributed by atoms with van der Waals surface area (Å²) in [6.45, 7) is 6.72. The molecular weight excluding hydrogens is 438 g/mol. The zero-order chi connectivity index (χ0) is 23.5. The second kappa shape index (κ2) is 9.14. The zero-order valence-corrected chi connectivity index (χ0v) is 18.6. The summed E-state index contributed by atoms with van der Waals surface area (Å²) in [5.41, 5.74) is 1.49. The standard InChI is InChI=1S/C20H21N5O6S/c1-5-30-18(26)16-13(4)24-31-17(16)14-8-6-7-9-15(14)32(28,29)25-20(27)23-19-21-11(2)10-12(3)22-19/h6-10H,5H2,1-4H3,(H2,21,22,23,25,27). The highest BCUT2D eigenvalue weighted by Gasteiger charge is 2.29. The molecule has 0 aliphatic carbocycles. The van der Waals surface area contributed by atoms with Crippen LogP contribution in [0.4, 0.5) is 10.7 Å². The van der Waals surface area contributed by atoms with Crippen LogP contribution in [0.25, 0.3) is 11.3 Å². The van der Waals surface area contributed by atoms with Gasteiger partial charge >= 0.3 is 12.0 Å². The average molecular weight is 459 g/mol. The maximum Gasteiger partial charge on any atom is 0.344 e. The van der Waals surface area contributed by atoms with Gasteiger partial charge in [0.1, 0.15) is 5.56 Å². The Balaban J connectivity index is 1.94. The third-order valence-corrected chi connectivity index (χ3v) is 5.59. The predicted octanol–water partition coefficient (Wildman–Crippen LogP) is 2.74. The SMILES string of the molecule is CCOC(=O)c1c(C)noc1-c1ccccc1S(=O)(=O)NC(=O)Nc1nc(C)cc(C)n1. The molecule has 0 saturated carbocycles. The van der Waals surface area contributed by atoms with Gasteiger partial charge in [-0.2, -0.15) is 0 Å². The Bertz CT molecular complexity index is 1270. The van der Waals surface area contributed by atoms with Crippen LogP contribution in [0.3, 0.4) is 0 Å². The molecule has 168 valence electrons. The molecule has 1 aromatic carbocycles. The van der Waals surface area contributed by atoms with E-state index in [1.165, 1.54) is 25.1 Å². The number of benzene rings is 1. The van der Waals surface area contributed by atoms with Gasteiger partial charge in [-0.05, 0) is 45.9 Å². The van der Waals surface area contributed by atoms with Gasteiger partial charge in [0.15, 0.2) is 5.76 Å². The first-order valence-corrected chi connectivity index (χ1v) is 11.0. The quantitative estimate of drug-likeness (QED) is 0.530. The molecule has 11 nitrogen and oxygen atoms in total. The third-order valence-electron chi connectivity index (χ3n) is 4.20. The van der Waals surface area contributed by atoms with Crippen molar-refractivity contribution in [2.75, 3.05) is 11.9 Å². The molecule has 0 unspecified atom stereocenters. The molecule has 0 spiro atoms. The van der Waals surface area contributed by atoms with E-state index in [0.717, 1.165) is 0 Å². The lowest BCUT2D eigenvalue weighted by atomic mass is 10.1. The summed E-state index contributed by atoms with van der Waals surface area (Å²) in [7, 11) is -4.38. The van der Waals surface area contributed by atoms with Crippen molar-refractivity contribution in [1.29, 1.82) is 0 Å². The van der Waals surface area contributed by atoms with E-state index in [1.54, 1.807) is 32.9 Å². The molecule has 2 amide bonds. The number of carbonyl (C=O) groups excluding carboxylic acids is 2. The first kappa shape index (κ1) is 22.9. The van der Waals surface area contributed by atoms with Gasteiger partial charge in [0.05, 0.1) is 17.2 Å². The van der Waals surface area contributed by atoms with E-state index in [2.05, 4.69) is 20.4 Å². The predicted molar refractivity (Wildman–Crippen MR) is 113 cm³/mol. The number of amides is 2. The molecule has 0 bridgehead atoms. The van der Waals surface area contributed by atoms with Crippen molar-refractivity contribution in [1.82, 2.24) is 19.8 Å². The van der Waals surface area contributed by atoms with Crippen LogP contribution < -0.4 is 10.0 Å². The van der Waals surface area contributed by atoms with Crippen molar-refractivity contribution >= 4 is 28.0 Å². The van der Waals surface area contributed by atoms with Crippen LogP contribution >= 0.6 is 0 Å². The number of nitrogens with one attached hydrogen (secondary N) is 2. The Hall–Kier alpha value is -3.80. The summed E-state index contributed by atoms with van der Waals surface area (Å²) < 4.78 is 38.2. The molecule has 0 saturated heterocycles. The smallest absolute Gasteiger partial charge is 0.344 e. The molecule has 0 atom stereocenters. The molecule has 0 aliphatic rings. The van der Waals surface area contributed by atoms with Crippen LogP contribution in [0.5, 0.6) is 0 Å². The lowest BCUT2D eigenvalue weighted by Gasteiger charge is -2.11. The van der Waals surface area contributed by atoms with E-state index in [-0.39, 0.29) is 40.0 Å². The Morgan fingerprint density at radius 3 is 2.41 bits per heavy atom. The number of hydrogen-bond acceptors (Lipinski definition) is 9. The van der Waals surface area contributed by atoms with Gasteiger partial charge in [-0.3, -0.25) is 5.32 Å². The van der Waals surface area contributed by atoms with Gasteiger partial charge in [-0.1, -0.05) is 17.3 Å². The molecule has 0 radical (unpaired) electrons. The number of nitrogens with zero attached hydrogens (tertiary/aromatic N) is 3. The summed E-state index contributed by atoms with van der Waals surface area (Å²) in [5.74, 6) is -0.829. The molecule has 12 heteroatoms. The van der Waals surface area contributed by atoms with Crippen molar-refractivity contribution in [3.63, 3.8) is 0 Å². The number of aromatic nitrogens is 3. The maximum absolute atomic E-state index is 13.0. The number of urea groups is 1. The summed E-state index contributed by atoms with van der Waals surface area (Å²) >= 11 is 0. The van der Waals surface area contributed by atoms with E-state index < -0.39 is 22.0 Å². The number of anilines is 1. The van der Waals surface area contributed by atoms with E-state index >= 15 is 0 Å². The Morgan fingerprint density at radius 1 is 1.09 bits per heavy atom. The monoisotopic (exact) mass is 459 g/mol. The highest BCUT2D eigenvalue weighted by atomic mass is 32.2. The second-order valence-corrected chi connectivity index (χ2v) is 8.37. The largest absolute Gasteiger partial charge is 0.462 e. The van der Waals surface area contributed by atoms with Crippen LogP contribution in [0, 0.1) is 20.8 Å². The minimum atomic E-state index is -4.38. The van der Waals surface area contributed by atoms with Crippen LogP contribution in [-0.4, -0.2) is 42.1 Å². The average Bonchev–Trinajstić information content (AvgIpc) is 3.08. The fourth-order valence-corrected chi connectivity index (χ4v) is 4.08. The minimum Gasteiger partial charge on any atom is -0.462 e. The number of rotatable bonds is 6. The van der Waals surface area contributed by atoms with E-state index in [1.807, 2.05) is 4.72 Å². The number of carbonyl (C=O) groups is 2. The molecular formula is C20H21N5O6S. The van der Waals surface area contributed by atoms with E-state index in [0.29, 0.717) is 11.4 Å². The van der Waals surface area contributed by atoms with Gasteiger partial charge in [0.2, 0.25) is 5.95 Å². The van der Waals surface area contributed by atoms with Crippen LogP contribution in [-0.2, 0) is 14.8 Å². The number of ether oxygens (including phenoxy) is 1. The molecule has 0 fully saturated rings. The first-order valence-electron chi connectivity index (χ1n) is 9.51. The highest BCUT2D eigenvalue weighted by Crippen LogP contribution is 2.32. The lowest BCUT2D eigenvalue weighted by Crippen LogP contribution is -2.35. The van der Waals surface area contributed by atoms with Crippen LogP contribution in [0.1, 0.15) is 34.4 Å². The van der Waals surface area contributed by atoms with Gasteiger partial charge in [0.25, 0.3) is 10.0 Å². The molecule has 2 heterocycles. The molecule has 2 aromatic heterocycles. The molecule has 3 rings (SSSR count). The van der Waals surface area contributed by atoms with Crippen LogP contribution in [0.15, 0.2) is 39.8 Å². The second-order valence-electron chi connectivity index (χ2n) is 6.72. The summed E-state index contributed by atoms with van der Waals surface area (Å²) in [4.78, 5) is 32.5. The van der Waals surface area contributed by atoms with Crippen molar-refractivity contribution in [2.45, 2.75) is 32.6 Å².